The van der Waals surface area contributed by atoms with Gasteiger partial charge >= 0.3 is 0 Å². The van der Waals surface area contributed by atoms with Crippen LogP contribution in [0.2, 0.25) is 0 Å². The van der Waals surface area contributed by atoms with Gasteiger partial charge in [-0.1, -0.05) is 25.5 Å². The Kier molecular flexibility index (Phi) is 6.09. The molecule has 1 aromatic heterocycles. The third-order valence-electron chi connectivity index (χ3n) is 4.34. The SMILES string of the molecule is CCCc1[nH]n(-c2ccc(F)cc2)c(=O)c1C=NCc1ccc(S(N)(=O)=O)cc1. The first-order valence-electron chi connectivity index (χ1n) is 9.01. The number of nitrogens with one attached hydrogen (secondary N) is 1. The molecule has 9 heteroatoms. The van der Waals surface area contributed by atoms with Crippen molar-refractivity contribution < 1.29 is 12.8 Å². The molecule has 7 nitrogen and oxygen atoms in total. The van der Waals surface area contributed by atoms with Crippen LogP contribution in [-0.2, 0) is 23.0 Å². The van der Waals surface area contributed by atoms with Crippen molar-refractivity contribution in [1.29, 1.82) is 0 Å². The van der Waals surface area contributed by atoms with E-state index in [0.29, 0.717) is 17.7 Å². The number of aromatic amines is 1. The molecule has 0 spiro atoms. The molecule has 3 N–H and O–H groups in total. The third-order valence-corrected chi connectivity index (χ3v) is 5.27. The summed E-state index contributed by atoms with van der Waals surface area (Å²) in [5, 5.41) is 8.15. The van der Waals surface area contributed by atoms with Crippen LogP contribution in [0.25, 0.3) is 5.69 Å². The molecule has 29 heavy (non-hydrogen) atoms. The first-order chi connectivity index (χ1) is 13.8. The van der Waals surface area contributed by atoms with Crippen LogP contribution in [0.5, 0.6) is 0 Å². The highest BCUT2D eigenvalue weighted by Gasteiger charge is 2.13. The summed E-state index contributed by atoms with van der Waals surface area (Å²) in [7, 11) is -3.74. The molecule has 0 fully saturated rings. The fourth-order valence-corrected chi connectivity index (χ4v) is 3.38. The molecule has 0 aliphatic carbocycles. The van der Waals surface area contributed by atoms with Crippen LogP contribution >= 0.6 is 0 Å². The Morgan fingerprint density at radius 1 is 1.14 bits per heavy atom. The van der Waals surface area contributed by atoms with E-state index in [4.69, 9.17) is 5.14 Å². The second-order valence-electron chi connectivity index (χ2n) is 6.53. The van der Waals surface area contributed by atoms with E-state index in [9.17, 15) is 17.6 Å². The summed E-state index contributed by atoms with van der Waals surface area (Å²) in [6.07, 6.45) is 3.00. The highest BCUT2D eigenvalue weighted by molar-refractivity contribution is 7.89. The Bertz CT molecular complexity index is 1180. The number of benzene rings is 2. The molecular formula is C20H21FN4O3S. The van der Waals surface area contributed by atoms with Gasteiger partial charge in [-0.15, -0.1) is 0 Å². The van der Waals surface area contributed by atoms with Crippen molar-refractivity contribution in [3.05, 3.63) is 81.5 Å². The largest absolute Gasteiger partial charge is 0.294 e. The number of aromatic nitrogens is 2. The number of hydrogen-bond donors (Lipinski definition) is 2. The lowest BCUT2D eigenvalue weighted by Gasteiger charge is -2.01. The quantitative estimate of drug-likeness (QED) is 0.577. The van der Waals surface area contributed by atoms with Gasteiger partial charge in [-0.3, -0.25) is 14.9 Å². The molecule has 0 radical (unpaired) electrons. The molecular weight excluding hydrogens is 395 g/mol. The van der Waals surface area contributed by atoms with Crippen LogP contribution in [0.3, 0.4) is 0 Å². The van der Waals surface area contributed by atoms with E-state index in [0.717, 1.165) is 17.7 Å². The van der Waals surface area contributed by atoms with Gasteiger partial charge in [-0.2, -0.15) is 0 Å². The molecule has 3 aromatic rings. The topological polar surface area (TPSA) is 110 Å². The molecule has 3 rings (SSSR count). The zero-order chi connectivity index (χ0) is 21.0. The lowest BCUT2D eigenvalue weighted by molar-refractivity contribution is 0.597. The number of aryl methyl sites for hydroxylation is 1. The number of hydrogen-bond acceptors (Lipinski definition) is 4. The van der Waals surface area contributed by atoms with Gasteiger partial charge in [0.15, 0.2) is 0 Å². The minimum Gasteiger partial charge on any atom is -0.294 e. The van der Waals surface area contributed by atoms with Crippen molar-refractivity contribution in [2.75, 3.05) is 0 Å². The van der Waals surface area contributed by atoms with E-state index in [2.05, 4.69) is 10.1 Å². The number of aliphatic imine (C=N–C) groups is 1. The first kappa shape index (κ1) is 20.7. The Balaban J connectivity index is 1.86. The van der Waals surface area contributed by atoms with Crippen LogP contribution in [0.4, 0.5) is 4.39 Å². The van der Waals surface area contributed by atoms with Gasteiger partial charge < -0.3 is 0 Å². The van der Waals surface area contributed by atoms with Crippen molar-refractivity contribution >= 4 is 16.2 Å². The molecule has 0 saturated carbocycles. The third kappa shape index (κ3) is 4.87. The standard InChI is InChI=1S/C20H21FN4O3S/c1-2-3-19-18(20(26)25(24-19)16-8-6-15(21)7-9-16)13-23-12-14-4-10-17(11-5-14)29(22,27)28/h4-11,13,24H,2-3,12H2,1H3,(H2,22,27,28). The fraction of sp³-hybridized carbons (Fsp3) is 0.200. The zero-order valence-corrected chi connectivity index (χ0v) is 16.6. The van der Waals surface area contributed by atoms with E-state index >= 15 is 0 Å². The van der Waals surface area contributed by atoms with Crippen molar-refractivity contribution in [3.8, 4) is 5.69 Å². The minimum atomic E-state index is -3.74. The molecule has 2 aromatic carbocycles. The van der Waals surface area contributed by atoms with E-state index in [1.807, 2.05) is 6.92 Å². The number of nitrogens with two attached hydrogens (primary N) is 1. The van der Waals surface area contributed by atoms with Crippen molar-refractivity contribution in [1.82, 2.24) is 9.78 Å². The molecule has 0 amide bonds. The maximum Gasteiger partial charge on any atom is 0.280 e. The highest BCUT2D eigenvalue weighted by atomic mass is 32.2. The summed E-state index contributed by atoms with van der Waals surface area (Å²) < 4.78 is 37.1. The molecule has 0 aliphatic rings. The molecule has 0 bridgehead atoms. The Labute approximate surface area is 167 Å². The number of H-pyrrole nitrogens is 1. The Morgan fingerprint density at radius 3 is 2.38 bits per heavy atom. The van der Waals surface area contributed by atoms with Gasteiger partial charge in [0.25, 0.3) is 5.56 Å². The second kappa shape index (κ2) is 8.54. The van der Waals surface area contributed by atoms with Crippen LogP contribution in [0.1, 0.15) is 30.2 Å². The van der Waals surface area contributed by atoms with E-state index in [1.54, 1.807) is 12.1 Å². The predicted molar refractivity (Wildman–Crippen MR) is 109 cm³/mol. The molecule has 0 saturated heterocycles. The minimum absolute atomic E-state index is 0.0308. The second-order valence-corrected chi connectivity index (χ2v) is 8.09. The lowest BCUT2D eigenvalue weighted by atomic mass is 10.2. The summed E-state index contributed by atoms with van der Waals surface area (Å²) in [5.41, 5.74) is 2.23. The summed E-state index contributed by atoms with van der Waals surface area (Å²) in [6, 6.07) is 11.7. The van der Waals surface area contributed by atoms with E-state index in [1.165, 1.54) is 47.3 Å². The Morgan fingerprint density at radius 2 is 1.79 bits per heavy atom. The molecule has 0 atom stereocenters. The summed E-state index contributed by atoms with van der Waals surface area (Å²) in [5.74, 6) is -0.377. The first-order valence-corrected chi connectivity index (χ1v) is 10.6. The average Bonchev–Trinajstić information content (AvgIpc) is 2.98. The van der Waals surface area contributed by atoms with Gasteiger partial charge in [-0.05, 0) is 48.4 Å². The molecule has 1 heterocycles. The van der Waals surface area contributed by atoms with Crippen molar-refractivity contribution in [2.45, 2.75) is 31.2 Å². The van der Waals surface area contributed by atoms with Gasteiger partial charge in [-0.25, -0.2) is 22.6 Å². The van der Waals surface area contributed by atoms with E-state index in [-0.39, 0.29) is 22.8 Å². The fourth-order valence-electron chi connectivity index (χ4n) is 2.87. The van der Waals surface area contributed by atoms with Crippen molar-refractivity contribution in [3.63, 3.8) is 0 Å². The molecule has 0 aliphatic heterocycles. The lowest BCUT2D eigenvalue weighted by Crippen LogP contribution is -2.17. The van der Waals surface area contributed by atoms with Gasteiger partial charge in [0, 0.05) is 11.9 Å². The number of sulfonamides is 1. The smallest absolute Gasteiger partial charge is 0.280 e. The number of halogens is 1. The van der Waals surface area contributed by atoms with Gasteiger partial charge in [0.1, 0.15) is 5.82 Å². The number of rotatable bonds is 7. The van der Waals surface area contributed by atoms with E-state index < -0.39 is 10.0 Å². The molecule has 152 valence electrons. The number of primary sulfonamides is 1. The highest BCUT2D eigenvalue weighted by Crippen LogP contribution is 2.12. The van der Waals surface area contributed by atoms with Crippen molar-refractivity contribution in [2.24, 2.45) is 10.1 Å². The normalized spacial score (nSPS) is 12.0. The van der Waals surface area contributed by atoms with Crippen LogP contribution in [0, 0.1) is 5.82 Å². The molecule has 0 unspecified atom stereocenters. The van der Waals surface area contributed by atoms with Gasteiger partial charge in [0.2, 0.25) is 10.0 Å². The summed E-state index contributed by atoms with van der Waals surface area (Å²) in [6.45, 7) is 2.28. The maximum atomic E-state index is 13.2. The predicted octanol–water partition coefficient (Wildman–Crippen LogP) is 2.52. The number of nitrogens with zero attached hydrogens (tertiary/aromatic N) is 2. The maximum absolute atomic E-state index is 13.2. The van der Waals surface area contributed by atoms with Gasteiger partial charge in [0.05, 0.1) is 22.7 Å². The van der Waals surface area contributed by atoms with Crippen LogP contribution in [-0.4, -0.2) is 24.4 Å². The Hall–Kier alpha value is -3.04. The van der Waals surface area contributed by atoms with Crippen LogP contribution in [0.15, 0.2) is 63.2 Å². The average molecular weight is 416 g/mol. The summed E-state index contributed by atoms with van der Waals surface area (Å²) >= 11 is 0. The zero-order valence-electron chi connectivity index (χ0n) is 15.8. The summed E-state index contributed by atoms with van der Waals surface area (Å²) in [4.78, 5) is 17.2. The monoisotopic (exact) mass is 416 g/mol. The van der Waals surface area contributed by atoms with Crippen LogP contribution < -0.4 is 10.7 Å².